The van der Waals surface area contributed by atoms with Crippen molar-refractivity contribution in [3.63, 3.8) is 0 Å². The predicted molar refractivity (Wildman–Crippen MR) is 127 cm³/mol. The summed E-state index contributed by atoms with van der Waals surface area (Å²) < 4.78 is 31.7. The minimum atomic E-state index is -5.08. The Bertz CT molecular complexity index is 1120. The van der Waals surface area contributed by atoms with Gasteiger partial charge in [0.05, 0.1) is 17.0 Å². The van der Waals surface area contributed by atoms with Crippen molar-refractivity contribution in [2.24, 2.45) is 5.41 Å². The third kappa shape index (κ3) is 5.74. The van der Waals surface area contributed by atoms with Crippen molar-refractivity contribution in [1.82, 2.24) is 14.8 Å². The summed E-state index contributed by atoms with van der Waals surface area (Å²) in [4.78, 5) is 32.9. The van der Waals surface area contributed by atoms with Gasteiger partial charge in [0.2, 0.25) is 5.91 Å². The highest BCUT2D eigenvalue weighted by Crippen LogP contribution is 2.50. The number of thiazole rings is 1. The number of nitrogens with zero attached hydrogens (tertiary/aromatic N) is 3. The van der Waals surface area contributed by atoms with Gasteiger partial charge < -0.3 is 10.0 Å². The number of aliphatic carboxylic acids is 1. The van der Waals surface area contributed by atoms with Gasteiger partial charge in [-0.1, -0.05) is 36.4 Å². The number of rotatable bonds is 5. The molecule has 2 atom stereocenters. The lowest BCUT2D eigenvalue weighted by atomic mass is 9.77. The van der Waals surface area contributed by atoms with Gasteiger partial charge in [0.1, 0.15) is 0 Å². The Morgan fingerprint density at radius 2 is 1.86 bits per heavy atom. The van der Waals surface area contributed by atoms with E-state index < -0.39 is 12.1 Å². The van der Waals surface area contributed by atoms with E-state index in [2.05, 4.69) is 62.6 Å². The summed E-state index contributed by atoms with van der Waals surface area (Å²) in [6.45, 7) is 4.20. The van der Waals surface area contributed by atoms with Gasteiger partial charge in [-0.3, -0.25) is 9.69 Å². The first-order valence-corrected chi connectivity index (χ1v) is 12.7. The summed E-state index contributed by atoms with van der Waals surface area (Å²) in [7, 11) is 0. The first kappa shape index (κ1) is 25.3. The maximum absolute atomic E-state index is 13.6. The minimum Gasteiger partial charge on any atom is -0.475 e. The molecule has 0 saturated carbocycles. The molecule has 0 aliphatic carbocycles. The molecule has 2 unspecified atom stereocenters. The number of amides is 1. The summed E-state index contributed by atoms with van der Waals surface area (Å²) in [5.74, 6) is -2.25. The van der Waals surface area contributed by atoms with E-state index in [0.29, 0.717) is 5.91 Å². The topological polar surface area (TPSA) is 73.7 Å². The van der Waals surface area contributed by atoms with Gasteiger partial charge >= 0.3 is 12.1 Å². The van der Waals surface area contributed by atoms with E-state index >= 15 is 0 Å². The van der Waals surface area contributed by atoms with Crippen molar-refractivity contribution >= 4 is 34.6 Å². The molecule has 1 amide bonds. The molecule has 2 aliphatic heterocycles. The minimum absolute atomic E-state index is 0.192. The third-order valence-electron chi connectivity index (χ3n) is 6.32. The number of halogens is 3. The number of aromatic nitrogens is 1. The van der Waals surface area contributed by atoms with Gasteiger partial charge in [-0.05, 0) is 23.4 Å². The van der Waals surface area contributed by atoms with Gasteiger partial charge in [0.25, 0.3) is 0 Å². The fourth-order valence-electron chi connectivity index (χ4n) is 4.76. The second kappa shape index (κ2) is 10.5. The van der Waals surface area contributed by atoms with Crippen molar-refractivity contribution in [3.8, 4) is 0 Å². The maximum atomic E-state index is 13.6. The van der Waals surface area contributed by atoms with Crippen LogP contribution in [0.5, 0.6) is 0 Å². The lowest BCUT2D eigenvalue weighted by Gasteiger charge is -2.27. The molecule has 0 bridgehead atoms. The number of benzene rings is 1. The zero-order valence-electron chi connectivity index (χ0n) is 18.6. The molecule has 186 valence electrons. The highest BCUT2D eigenvalue weighted by molar-refractivity contribution is 7.10. The SMILES string of the molecule is O=C(O)C(F)(F)F.O=C1N(Cc2cccs2)CCC12CN(Cc1ccccc1)CC2c1nccs1. The molecule has 2 aromatic heterocycles. The van der Waals surface area contributed by atoms with E-state index in [0.717, 1.165) is 44.2 Å². The number of carbonyl (C=O) groups is 2. The van der Waals surface area contributed by atoms with Gasteiger partial charge in [-0.15, -0.1) is 22.7 Å². The number of carbonyl (C=O) groups excluding carboxylic acids is 1. The van der Waals surface area contributed by atoms with E-state index in [1.165, 1.54) is 10.4 Å². The molecule has 1 N–H and O–H groups in total. The molecule has 5 rings (SSSR count). The van der Waals surface area contributed by atoms with Crippen LogP contribution in [-0.2, 0) is 22.7 Å². The first-order valence-electron chi connectivity index (χ1n) is 11.0. The number of alkyl halides is 3. The van der Waals surface area contributed by atoms with Crippen LogP contribution in [0.4, 0.5) is 13.2 Å². The summed E-state index contributed by atoms with van der Waals surface area (Å²) in [5, 5.41) is 12.4. The van der Waals surface area contributed by atoms with Crippen LogP contribution in [0.3, 0.4) is 0 Å². The van der Waals surface area contributed by atoms with Crippen LogP contribution in [0, 0.1) is 5.41 Å². The molecule has 2 fully saturated rings. The standard InChI is InChI=1S/C22H23N3OS2.C2HF3O2/c26-21-22(8-10-25(21)14-18-7-4-11-27-18)16-24(13-17-5-2-1-3-6-17)15-19(22)20-23-9-12-28-20;3-2(4,5)1(6)7/h1-7,9,11-12,19H,8,10,13-16H2;(H,6,7). The number of carboxylic acid groups (broad SMARTS) is 1. The lowest BCUT2D eigenvalue weighted by molar-refractivity contribution is -0.192. The second-order valence-electron chi connectivity index (χ2n) is 8.59. The van der Waals surface area contributed by atoms with Crippen LogP contribution >= 0.6 is 22.7 Å². The first-order chi connectivity index (χ1) is 16.7. The Balaban J connectivity index is 0.000000364. The van der Waals surface area contributed by atoms with Gasteiger partial charge in [0, 0.05) is 48.6 Å². The average Bonchev–Trinajstić information content (AvgIpc) is 3.61. The number of thiophene rings is 1. The van der Waals surface area contributed by atoms with Gasteiger partial charge in [-0.25, -0.2) is 9.78 Å². The zero-order chi connectivity index (χ0) is 25.1. The molecule has 35 heavy (non-hydrogen) atoms. The molecular formula is C24H24F3N3O3S2. The molecule has 0 radical (unpaired) electrons. The summed E-state index contributed by atoms with van der Waals surface area (Å²) >= 11 is 3.42. The second-order valence-corrected chi connectivity index (χ2v) is 10.6. The Morgan fingerprint density at radius 3 is 2.46 bits per heavy atom. The molecule has 4 heterocycles. The van der Waals surface area contributed by atoms with Gasteiger partial charge in [0.15, 0.2) is 0 Å². The Labute approximate surface area is 208 Å². The summed E-state index contributed by atoms with van der Waals surface area (Å²) in [5.41, 5.74) is 0.975. The van der Waals surface area contributed by atoms with Crippen molar-refractivity contribution in [2.45, 2.75) is 31.6 Å². The monoisotopic (exact) mass is 523 g/mol. The van der Waals surface area contributed by atoms with Crippen LogP contribution in [0.1, 0.15) is 27.8 Å². The highest BCUT2D eigenvalue weighted by Gasteiger charge is 2.57. The molecule has 6 nitrogen and oxygen atoms in total. The largest absolute Gasteiger partial charge is 0.490 e. The Hall–Kier alpha value is -2.76. The van der Waals surface area contributed by atoms with E-state index in [9.17, 15) is 18.0 Å². The normalized spacial score (nSPS) is 22.4. The van der Waals surface area contributed by atoms with Crippen LogP contribution < -0.4 is 0 Å². The van der Waals surface area contributed by atoms with E-state index in [-0.39, 0.29) is 11.3 Å². The summed E-state index contributed by atoms with van der Waals surface area (Å²) in [6, 6.07) is 14.7. The Morgan fingerprint density at radius 1 is 1.11 bits per heavy atom. The molecule has 11 heteroatoms. The molecule has 3 aromatic rings. The van der Waals surface area contributed by atoms with E-state index in [1.54, 1.807) is 22.7 Å². The highest BCUT2D eigenvalue weighted by atomic mass is 32.1. The quantitative estimate of drug-likeness (QED) is 0.517. The zero-order valence-corrected chi connectivity index (χ0v) is 20.3. The van der Waals surface area contributed by atoms with Crippen molar-refractivity contribution < 1.29 is 27.9 Å². The Kier molecular flexibility index (Phi) is 7.58. The van der Waals surface area contributed by atoms with Gasteiger partial charge in [-0.2, -0.15) is 13.2 Å². The van der Waals surface area contributed by atoms with Crippen LogP contribution in [-0.4, -0.2) is 57.6 Å². The molecule has 2 saturated heterocycles. The third-order valence-corrected chi connectivity index (χ3v) is 8.07. The number of hydrogen-bond acceptors (Lipinski definition) is 6. The fourth-order valence-corrected chi connectivity index (χ4v) is 6.33. The summed E-state index contributed by atoms with van der Waals surface area (Å²) in [6.07, 6.45) is -2.29. The molecule has 1 spiro atoms. The lowest BCUT2D eigenvalue weighted by Crippen LogP contribution is -2.39. The average molecular weight is 524 g/mol. The van der Waals surface area contributed by atoms with Crippen LogP contribution in [0.2, 0.25) is 0 Å². The fraction of sp³-hybridized carbons (Fsp3) is 0.375. The predicted octanol–water partition coefficient (Wildman–Crippen LogP) is 4.86. The van der Waals surface area contributed by atoms with Crippen LogP contribution in [0.15, 0.2) is 59.4 Å². The number of hydrogen-bond donors (Lipinski definition) is 1. The van der Waals surface area contributed by atoms with Crippen molar-refractivity contribution in [1.29, 1.82) is 0 Å². The smallest absolute Gasteiger partial charge is 0.475 e. The van der Waals surface area contributed by atoms with E-state index in [4.69, 9.17) is 9.90 Å². The maximum Gasteiger partial charge on any atom is 0.490 e. The molecule has 1 aromatic carbocycles. The van der Waals surface area contributed by atoms with E-state index in [1.807, 2.05) is 11.6 Å². The number of carboxylic acids is 1. The molecule has 2 aliphatic rings. The van der Waals surface area contributed by atoms with Crippen molar-refractivity contribution in [2.75, 3.05) is 19.6 Å². The number of likely N-dealkylation sites (tertiary alicyclic amines) is 2. The van der Waals surface area contributed by atoms with Crippen molar-refractivity contribution in [3.05, 3.63) is 74.9 Å². The molecular weight excluding hydrogens is 499 g/mol. The van der Waals surface area contributed by atoms with Crippen LogP contribution in [0.25, 0.3) is 0 Å².